The van der Waals surface area contributed by atoms with Gasteiger partial charge in [0.15, 0.2) is 21.5 Å². The Morgan fingerprint density at radius 3 is 2.43 bits per heavy atom. The normalized spacial score (nSPS) is 10.7. The maximum Gasteiger partial charge on any atom is 0.197 e. The number of fused-ring (bicyclic) bond motifs is 1. The summed E-state index contributed by atoms with van der Waals surface area (Å²) in [7, 11) is 0. The van der Waals surface area contributed by atoms with Gasteiger partial charge in [-0.1, -0.05) is 12.1 Å². The number of aromatic nitrogens is 2. The lowest BCUT2D eigenvalue weighted by Crippen LogP contribution is -2.28. The third kappa shape index (κ3) is 3.06. The second kappa shape index (κ2) is 6.01. The van der Waals surface area contributed by atoms with Crippen molar-refractivity contribution in [1.29, 1.82) is 0 Å². The number of hydrogen-bond donors (Lipinski definition) is 3. The Hall–Kier alpha value is -2.39. The fourth-order valence-corrected chi connectivity index (χ4v) is 2.52. The van der Waals surface area contributed by atoms with E-state index in [1.165, 1.54) is 4.68 Å². The van der Waals surface area contributed by atoms with Gasteiger partial charge in [0, 0.05) is 12.1 Å². The number of rotatable bonds is 2. The summed E-state index contributed by atoms with van der Waals surface area (Å²) >= 11 is 10.2. The Morgan fingerprint density at radius 2 is 1.74 bits per heavy atom. The molecule has 4 nitrogen and oxygen atoms in total. The molecule has 3 aromatic rings. The number of halogens is 3. The van der Waals surface area contributed by atoms with E-state index < -0.39 is 23.1 Å². The van der Waals surface area contributed by atoms with E-state index in [-0.39, 0.29) is 5.11 Å². The fraction of sp³-hybridized carbons (Fsp3) is 0. The Kier molecular flexibility index (Phi) is 4.05. The minimum absolute atomic E-state index is 0.102. The van der Waals surface area contributed by atoms with E-state index in [1.54, 1.807) is 12.1 Å². The molecule has 0 aliphatic rings. The highest BCUT2D eigenvalue weighted by molar-refractivity contribution is 7.80. The van der Waals surface area contributed by atoms with Crippen LogP contribution in [0.15, 0.2) is 36.4 Å². The molecule has 0 fully saturated rings. The largest absolute Gasteiger partial charge is 0.329 e. The van der Waals surface area contributed by atoms with Crippen molar-refractivity contribution in [2.45, 2.75) is 0 Å². The van der Waals surface area contributed by atoms with Crippen LogP contribution in [-0.2, 0) is 0 Å². The van der Waals surface area contributed by atoms with E-state index in [2.05, 4.69) is 15.7 Å². The van der Waals surface area contributed by atoms with Crippen LogP contribution >= 0.6 is 24.4 Å². The Morgan fingerprint density at radius 1 is 1.09 bits per heavy atom. The van der Waals surface area contributed by atoms with Crippen molar-refractivity contribution in [3.63, 3.8) is 0 Å². The lowest BCUT2D eigenvalue weighted by molar-refractivity contribution is 0.549. The summed E-state index contributed by atoms with van der Waals surface area (Å²) in [6.45, 7) is 0. The number of anilines is 1. The maximum absolute atomic E-state index is 13.6. The number of nitrogens with one attached hydrogen (secondary N) is 3. The molecule has 2 aromatic carbocycles. The molecule has 0 aliphatic heterocycles. The minimum atomic E-state index is -1.09. The average molecular weight is 354 g/mol. The molecule has 23 heavy (non-hydrogen) atoms. The first-order valence-electron chi connectivity index (χ1n) is 6.38. The minimum Gasteiger partial charge on any atom is -0.329 e. The third-order valence-corrected chi connectivity index (χ3v) is 3.53. The van der Waals surface area contributed by atoms with Crippen LogP contribution < -0.4 is 10.7 Å². The molecule has 3 N–H and O–H groups in total. The van der Waals surface area contributed by atoms with E-state index in [4.69, 9.17) is 24.4 Å². The number of para-hydroxylation sites is 2. The number of H-pyrrole nitrogens is 1. The molecule has 0 atom stereocenters. The summed E-state index contributed by atoms with van der Waals surface area (Å²) in [5, 5.41) is 2.26. The molecule has 0 bridgehead atoms. The average Bonchev–Trinajstić information content (AvgIpc) is 2.79. The molecule has 0 aliphatic carbocycles. The quantitative estimate of drug-likeness (QED) is 0.608. The van der Waals surface area contributed by atoms with Crippen LogP contribution in [0.2, 0.25) is 0 Å². The summed E-state index contributed by atoms with van der Waals surface area (Å²) in [5.74, 6) is -3.19. The smallest absolute Gasteiger partial charge is 0.197 e. The highest BCUT2D eigenvalue weighted by Crippen LogP contribution is 2.20. The zero-order chi connectivity index (χ0) is 16.6. The van der Waals surface area contributed by atoms with Crippen molar-refractivity contribution in [3.8, 4) is 0 Å². The van der Waals surface area contributed by atoms with Gasteiger partial charge in [-0.25, -0.2) is 17.8 Å². The third-order valence-electron chi connectivity index (χ3n) is 3.05. The molecule has 0 saturated carbocycles. The Labute approximate surface area is 138 Å². The van der Waals surface area contributed by atoms with Gasteiger partial charge in [0.1, 0.15) is 11.5 Å². The molecule has 0 radical (unpaired) electrons. The van der Waals surface area contributed by atoms with E-state index in [0.717, 1.165) is 5.52 Å². The summed E-state index contributed by atoms with van der Waals surface area (Å²) < 4.78 is 41.9. The van der Waals surface area contributed by atoms with Crippen molar-refractivity contribution in [3.05, 3.63) is 58.6 Å². The van der Waals surface area contributed by atoms with Crippen molar-refractivity contribution in [1.82, 2.24) is 9.66 Å². The van der Waals surface area contributed by atoms with Crippen molar-refractivity contribution < 1.29 is 13.2 Å². The topological polar surface area (TPSA) is 44.8 Å². The summed E-state index contributed by atoms with van der Waals surface area (Å²) in [6, 6.07) is 8.36. The van der Waals surface area contributed by atoms with Gasteiger partial charge < -0.3 is 10.3 Å². The van der Waals surface area contributed by atoms with Crippen LogP contribution in [0.4, 0.5) is 18.9 Å². The van der Waals surface area contributed by atoms with Crippen LogP contribution in [0.1, 0.15) is 0 Å². The van der Waals surface area contributed by atoms with Gasteiger partial charge in [-0.3, -0.25) is 5.43 Å². The van der Waals surface area contributed by atoms with Crippen LogP contribution in [0.3, 0.4) is 0 Å². The van der Waals surface area contributed by atoms with Gasteiger partial charge in [0.2, 0.25) is 0 Å². The summed E-state index contributed by atoms with van der Waals surface area (Å²) in [4.78, 5) is 2.96. The number of hydrogen-bond acceptors (Lipinski definition) is 2. The number of aromatic amines is 1. The van der Waals surface area contributed by atoms with Crippen molar-refractivity contribution in [2.75, 3.05) is 10.7 Å². The molecule has 3 rings (SSSR count). The van der Waals surface area contributed by atoms with E-state index >= 15 is 0 Å². The number of thiocarbonyl (C=S) groups is 1. The van der Waals surface area contributed by atoms with E-state index in [0.29, 0.717) is 22.4 Å². The zero-order valence-electron chi connectivity index (χ0n) is 11.4. The first kappa shape index (κ1) is 15.5. The molecular weight excluding hydrogens is 345 g/mol. The predicted octanol–water partition coefficient (Wildman–Crippen LogP) is 4.06. The van der Waals surface area contributed by atoms with Crippen LogP contribution in [-0.4, -0.2) is 14.8 Å². The first-order valence-corrected chi connectivity index (χ1v) is 7.19. The predicted molar refractivity (Wildman–Crippen MR) is 89.0 cm³/mol. The molecular formula is C14H9F3N4S2. The Balaban J connectivity index is 1.88. The van der Waals surface area contributed by atoms with Gasteiger partial charge in [-0.05, 0) is 36.6 Å². The van der Waals surface area contributed by atoms with Crippen molar-refractivity contribution >= 4 is 46.3 Å². The van der Waals surface area contributed by atoms with Crippen LogP contribution in [0.25, 0.3) is 11.0 Å². The molecule has 1 heterocycles. The lowest BCUT2D eigenvalue weighted by atomic mass is 10.3. The molecule has 0 amide bonds. The molecule has 0 saturated heterocycles. The molecule has 118 valence electrons. The van der Waals surface area contributed by atoms with Gasteiger partial charge in [-0.15, -0.1) is 0 Å². The zero-order valence-corrected chi connectivity index (χ0v) is 13.0. The SMILES string of the molecule is Fc1cc(F)c(NC(=S)Nn2c(=S)[nH]c3ccccc32)c(F)c1. The van der Waals surface area contributed by atoms with Gasteiger partial charge >= 0.3 is 0 Å². The number of nitrogens with zero attached hydrogens (tertiary/aromatic N) is 1. The standard InChI is InChI=1S/C14H9F3N4S2/c15-7-5-8(16)12(9(17)6-7)19-13(22)20-21-11-4-2-1-3-10(11)18-14(21)23/h1-6H,(H,18,23)(H2,19,20,22). The van der Waals surface area contributed by atoms with Gasteiger partial charge in [-0.2, -0.15) is 0 Å². The number of benzene rings is 2. The summed E-state index contributed by atoms with van der Waals surface area (Å²) in [6.07, 6.45) is 0. The van der Waals surface area contributed by atoms with E-state index in [1.807, 2.05) is 12.1 Å². The second-order valence-electron chi connectivity index (χ2n) is 4.59. The molecule has 0 unspecified atom stereocenters. The second-order valence-corrected chi connectivity index (χ2v) is 5.39. The number of imidazole rings is 1. The molecule has 9 heteroatoms. The van der Waals surface area contributed by atoms with Crippen molar-refractivity contribution in [2.24, 2.45) is 0 Å². The van der Waals surface area contributed by atoms with Gasteiger partial charge in [0.25, 0.3) is 0 Å². The fourth-order valence-electron chi connectivity index (χ4n) is 2.07. The highest BCUT2D eigenvalue weighted by Gasteiger charge is 2.13. The van der Waals surface area contributed by atoms with Crippen LogP contribution in [0, 0.1) is 22.2 Å². The van der Waals surface area contributed by atoms with E-state index in [9.17, 15) is 13.2 Å². The molecule has 1 aromatic heterocycles. The van der Waals surface area contributed by atoms with Crippen LogP contribution in [0.5, 0.6) is 0 Å². The molecule has 0 spiro atoms. The lowest BCUT2D eigenvalue weighted by Gasteiger charge is -2.13. The monoisotopic (exact) mass is 354 g/mol. The Bertz CT molecular complexity index is 941. The van der Waals surface area contributed by atoms with Gasteiger partial charge in [0.05, 0.1) is 11.0 Å². The first-order chi connectivity index (χ1) is 11.0. The summed E-state index contributed by atoms with van der Waals surface area (Å²) in [5.41, 5.74) is 3.66. The highest BCUT2D eigenvalue weighted by atomic mass is 32.1. The maximum atomic E-state index is 13.6.